The van der Waals surface area contributed by atoms with Gasteiger partial charge in [-0.25, -0.2) is 0 Å². The quantitative estimate of drug-likeness (QED) is 0.573. The second-order valence-electron chi connectivity index (χ2n) is 5.99. The minimum Gasteiger partial charge on any atom is -0.342 e. The Morgan fingerprint density at radius 1 is 1.38 bits per heavy atom. The average Bonchev–Trinajstić information content (AvgIpc) is 2.46. The fourth-order valence-corrected chi connectivity index (χ4v) is 3.40. The number of carbonyl (C=O) groups is 1. The lowest BCUT2D eigenvalue weighted by molar-refractivity contribution is -0.127. The molecule has 0 aromatic rings. The Balaban J connectivity index is 2.12. The first-order chi connectivity index (χ1) is 7.49. The van der Waals surface area contributed by atoms with Crippen LogP contribution in [0.25, 0.3) is 0 Å². The molecule has 0 aromatic carbocycles. The van der Waals surface area contributed by atoms with E-state index in [-0.39, 0.29) is 5.31 Å². The molecule has 2 nitrogen and oxygen atoms in total. The van der Waals surface area contributed by atoms with Crippen molar-refractivity contribution in [2.45, 2.75) is 63.2 Å². The first kappa shape index (κ1) is 12.0. The highest BCUT2D eigenvalue weighted by molar-refractivity contribution is 6.14. The first-order valence-electron chi connectivity index (χ1n) is 6.54. The number of nitrogens with zero attached hydrogens (tertiary/aromatic N) is 1. The van der Waals surface area contributed by atoms with Crippen LogP contribution in [0.15, 0.2) is 0 Å². The normalized spacial score (nSPS) is 41.1. The molecule has 2 rings (SSSR count). The zero-order valence-electron chi connectivity index (χ0n) is 10.5. The Bertz CT molecular complexity index is 277. The van der Waals surface area contributed by atoms with Crippen LogP contribution in [-0.2, 0) is 4.79 Å². The van der Waals surface area contributed by atoms with Crippen molar-refractivity contribution in [2.24, 2.45) is 5.92 Å². The highest BCUT2D eigenvalue weighted by Gasteiger charge is 2.39. The number of hydrogen-bond acceptors (Lipinski definition) is 1. The summed E-state index contributed by atoms with van der Waals surface area (Å²) in [5, 5.41) is -0.0707. The summed E-state index contributed by atoms with van der Waals surface area (Å²) in [6, 6.07) is 0.452. The van der Waals surface area contributed by atoms with Crippen molar-refractivity contribution in [1.29, 1.82) is 0 Å². The van der Waals surface area contributed by atoms with E-state index in [9.17, 15) is 4.79 Å². The van der Waals surface area contributed by atoms with Crippen molar-refractivity contribution in [3.8, 4) is 0 Å². The maximum Gasteiger partial charge on any atom is 0.222 e. The van der Waals surface area contributed by atoms with Gasteiger partial charge < -0.3 is 4.90 Å². The van der Waals surface area contributed by atoms with Crippen molar-refractivity contribution in [3.05, 3.63) is 0 Å². The fourth-order valence-electron chi connectivity index (χ4n) is 3.40. The summed E-state index contributed by atoms with van der Waals surface area (Å²) in [6.45, 7) is 2.15. The summed E-state index contributed by atoms with van der Waals surface area (Å²) >= 11 is 0. The molecule has 0 N–H and O–H groups in total. The highest BCUT2D eigenvalue weighted by atomic mass is 16.2. The van der Waals surface area contributed by atoms with Crippen LogP contribution in [0.1, 0.15) is 51.9 Å². The Kier molecular flexibility index (Phi) is 3.32. The van der Waals surface area contributed by atoms with E-state index in [1.165, 1.54) is 25.7 Å². The molecular formula is C13H22BNO. The number of likely N-dealkylation sites (tertiary alicyclic amines) is 1. The van der Waals surface area contributed by atoms with E-state index in [1.807, 2.05) is 11.9 Å². The third kappa shape index (κ3) is 2.44. The van der Waals surface area contributed by atoms with Gasteiger partial charge in [0.1, 0.15) is 0 Å². The van der Waals surface area contributed by atoms with Gasteiger partial charge in [-0.05, 0) is 12.3 Å². The second kappa shape index (κ2) is 4.42. The zero-order valence-corrected chi connectivity index (χ0v) is 10.5. The molecule has 1 heterocycles. The summed E-state index contributed by atoms with van der Waals surface area (Å²) in [5.74, 6) is 0.803. The molecule has 3 heteroatoms. The molecule has 1 aliphatic carbocycles. The average molecular weight is 219 g/mol. The van der Waals surface area contributed by atoms with Gasteiger partial charge in [0.2, 0.25) is 5.91 Å². The molecule has 2 fully saturated rings. The van der Waals surface area contributed by atoms with E-state index in [0.717, 1.165) is 12.8 Å². The molecule has 0 bridgehead atoms. The summed E-state index contributed by atoms with van der Waals surface area (Å²) in [7, 11) is 8.29. The van der Waals surface area contributed by atoms with E-state index in [0.29, 0.717) is 24.3 Å². The lowest BCUT2D eigenvalue weighted by Crippen LogP contribution is -2.32. The van der Waals surface area contributed by atoms with Crippen LogP contribution in [0, 0.1) is 5.92 Å². The number of hydrogen-bond donors (Lipinski definition) is 0. The van der Waals surface area contributed by atoms with Gasteiger partial charge in [0.15, 0.2) is 0 Å². The molecule has 16 heavy (non-hydrogen) atoms. The van der Waals surface area contributed by atoms with Crippen LogP contribution in [-0.4, -0.2) is 31.7 Å². The summed E-state index contributed by atoms with van der Waals surface area (Å²) in [4.78, 5) is 13.7. The molecule has 2 radical (unpaired) electrons. The molecule has 3 unspecified atom stereocenters. The van der Waals surface area contributed by atoms with Crippen LogP contribution < -0.4 is 0 Å². The molecule has 1 amide bonds. The molecule has 2 aliphatic rings. The van der Waals surface area contributed by atoms with E-state index >= 15 is 0 Å². The standard InChI is InChI=1S/C13H22BNO/c1-13(14)7-5-3-4-6-11-10(9-13)8-12(16)15(11)2/h10-11H,3-9H2,1-2H3. The molecule has 3 atom stereocenters. The van der Waals surface area contributed by atoms with Crippen LogP contribution in [0.5, 0.6) is 0 Å². The van der Waals surface area contributed by atoms with Crippen LogP contribution >= 0.6 is 0 Å². The fraction of sp³-hybridized carbons (Fsp3) is 0.923. The van der Waals surface area contributed by atoms with Gasteiger partial charge in [0.25, 0.3) is 0 Å². The molecule has 1 aliphatic heterocycles. The first-order valence-corrected chi connectivity index (χ1v) is 6.54. The summed E-state index contributed by atoms with van der Waals surface area (Å²) in [5.41, 5.74) is 0. The molecular weight excluding hydrogens is 197 g/mol. The molecule has 0 aromatic heterocycles. The van der Waals surface area contributed by atoms with Gasteiger partial charge in [-0.1, -0.05) is 44.3 Å². The van der Waals surface area contributed by atoms with Gasteiger partial charge >= 0.3 is 0 Å². The molecule has 1 saturated heterocycles. The molecule has 0 spiro atoms. The zero-order chi connectivity index (χ0) is 11.8. The number of amides is 1. The van der Waals surface area contributed by atoms with Crippen LogP contribution in [0.2, 0.25) is 5.31 Å². The molecule has 1 saturated carbocycles. The SMILES string of the molecule is [B]C1(C)CCCCCC2C(CC(=O)N2C)C1. The van der Waals surface area contributed by atoms with Crippen molar-refractivity contribution in [2.75, 3.05) is 7.05 Å². The Hall–Kier alpha value is -0.465. The lowest BCUT2D eigenvalue weighted by atomic mass is 9.62. The smallest absolute Gasteiger partial charge is 0.222 e. The van der Waals surface area contributed by atoms with Gasteiger partial charge in [0, 0.05) is 19.5 Å². The lowest BCUT2D eigenvalue weighted by Gasteiger charge is -2.31. The van der Waals surface area contributed by atoms with Crippen LogP contribution in [0.3, 0.4) is 0 Å². The predicted molar refractivity (Wildman–Crippen MR) is 66.5 cm³/mol. The molecule has 88 valence electrons. The monoisotopic (exact) mass is 219 g/mol. The summed E-state index contributed by atoms with van der Waals surface area (Å²) in [6.07, 6.45) is 7.75. The summed E-state index contributed by atoms with van der Waals surface area (Å²) < 4.78 is 0. The Morgan fingerprint density at radius 2 is 2.12 bits per heavy atom. The minimum atomic E-state index is -0.0707. The van der Waals surface area contributed by atoms with E-state index in [2.05, 4.69) is 6.92 Å². The highest BCUT2D eigenvalue weighted by Crippen LogP contribution is 2.43. The van der Waals surface area contributed by atoms with Crippen molar-refractivity contribution >= 4 is 13.8 Å². The minimum absolute atomic E-state index is 0.0707. The number of rotatable bonds is 0. The third-order valence-corrected chi connectivity index (χ3v) is 4.35. The second-order valence-corrected chi connectivity index (χ2v) is 5.99. The van der Waals surface area contributed by atoms with Gasteiger partial charge in [-0.2, -0.15) is 0 Å². The largest absolute Gasteiger partial charge is 0.342 e. The van der Waals surface area contributed by atoms with Gasteiger partial charge in [0.05, 0.1) is 7.85 Å². The van der Waals surface area contributed by atoms with Crippen molar-refractivity contribution in [1.82, 2.24) is 4.90 Å². The third-order valence-electron chi connectivity index (χ3n) is 4.35. The van der Waals surface area contributed by atoms with Crippen molar-refractivity contribution < 1.29 is 4.79 Å². The van der Waals surface area contributed by atoms with E-state index < -0.39 is 0 Å². The maximum absolute atomic E-state index is 11.7. The van der Waals surface area contributed by atoms with E-state index in [4.69, 9.17) is 7.85 Å². The predicted octanol–water partition coefficient (Wildman–Crippen LogP) is 2.53. The number of fused-ring (bicyclic) bond motifs is 1. The Labute approximate surface area is 100 Å². The van der Waals surface area contributed by atoms with Gasteiger partial charge in [-0.3, -0.25) is 4.79 Å². The maximum atomic E-state index is 11.7. The van der Waals surface area contributed by atoms with Crippen LogP contribution in [0.4, 0.5) is 0 Å². The van der Waals surface area contributed by atoms with Crippen molar-refractivity contribution in [3.63, 3.8) is 0 Å². The topological polar surface area (TPSA) is 20.3 Å². The van der Waals surface area contributed by atoms with Gasteiger partial charge in [-0.15, -0.1) is 0 Å². The number of carbonyl (C=O) groups excluding carboxylic acids is 1. The van der Waals surface area contributed by atoms with E-state index in [1.54, 1.807) is 0 Å². The Morgan fingerprint density at radius 3 is 2.88 bits per heavy atom.